The van der Waals surface area contributed by atoms with Crippen LogP contribution >= 0.6 is 11.8 Å². The number of anilines is 1. The lowest BCUT2D eigenvalue weighted by Crippen LogP contribution is -2.27. The summed E-state index contributed by atoms with van der Waals surface area (Å²) in [6.45, 7) is 2.35. The molecule has 1 aliphatic carbocycles. The molecule has 3 rings (SSSR count). The SMILES string of the molecule is Cc1ccc(CN(C)C(=O)CSc2nnc(N)n2C2CC2)o1. The minimum Gasteiger partial charge on any atom is -0.464 e. The molecule has 22 heavy (non-hydrogen) atoms. The van der Waals surface area contributed by atoms with Crippen molar-refractivity contribution < 1.29 is 9.21 Å². The minimum atomic E-state index is 0.0166. The van der Waals surface area contributed by atoms with Crippen LogP contribution in [0.4, 0.5) is 5.95 Å². The van der Waals surface area contributed by atoms with Gasteiger partial charge in [0.2, 0.25) is 11.9 Å². The third-order valence-electron chi connectivity index (χ3n) is 3.54. The van der Waals surface area contributed by atoms with Gasteiger partial charge in [0.25, 0.3) is 0 Å². The topological polar surface area (TPSA) is 90.2 Å². The molecule has 0 aromatic carbocycles. The first kappa shape index (κ1) is 15.0. The highest BCUT2D eigenvalue weighted by Crippen LogP contribution is 2.39. The van der Waals surface area contributed by atoms with Crippen LogP contribution in [0.2, 0.25) is 0 Å². The van der Waals surface area contributed by atoms with Gasteiger partial charge < -0.3 is 15.1 Å². The summed E-state index contributed by atoms with van der Waals surface area (Å²) in [5, 5.41) is 8.68. The first-order chi connectivity index (χ1) is 10.5. The third-order valence-corrected chi connectivity index (χ3v) is 4.47. The number of rotatable bonds is 6. The van der Waals surface area contributed by atoms with E-state index in [1.54, 1.807) is 11.9 Å². The average molecular weight is 321 g/mol. The van der Waals surface area contributed by atoms with Crippen LogP contribution in [0.3, 0.4) is 0 Å². The van der Waals surface area contributed by atoms with Crippen LogP contribution in [0, 0.1) is 6.92 Å². The smallest absolute Gasteiger partial charge is 0.233 e. The Morgan fingerprint density at radius 1 is 1.50 bits per heavy atom. The Morgan fingerprint density at radius 2 is 2.27 bits per heavy atom. The molecule has 0 aliphatic heterocycles. The Balaban J connectivity index is 1.55. The molecule has 8 heteroatoms. The summed E-state index contributed by atoms with van der Waals surface area (Å²) in [7, 11) is 1.76. The van der Waals surface area contributed by atoms with Crippen LogP contribution in [0.25, 0.3) is 0 Å². The zero-order valence-corrected chi connectivity index (χ0v) is 13.5. The maximum Gasteiger partial charge on any atom is 0.233 e. The average Bonchev–Trinajstić information content (AvgIpc) is 3.14. The predicted molar refractivity (Wildman–Crippen MR) is 83.3 cm³/mol. The predicted octanol–water partition coefficient (Wildman–Crippen LogP) is 1.85. The largest absolute Gasteiger partial charge is 0.464 e. The monoisotopic (exact) mass is 321 g/mol. The van der Waals surface area contributed by atoms with Gasteiger partial charge in [-0.25, -0.2) is 0 Å². The number of aromatic nitrogens is 3. The van der Waals surface area contributed by atoms with Crippen molar-refractivity contribution >= 4 is 23.6 Å². The molecule has 7 nitrogen and oxygen atoms in total. The second kappa shape index (κ2) is 6.04. The molecule has 0 bridgehead atoms. The summed E-state index contributed by atoms with van der Waals surface area (Å²) in [6, 6.07) is 4.18. The Hall–Kier alpha value is -1.96. The number of furan rings is 1. The normalized spacial score (nSPS) is 14.3. The van der Waals surface area contributed by atoms with Crippen LogP contribution in [0.15, 0.2) is 21.7 Å². The van der Waals surface area contributed by atoms with Crippen molar-refractivity contribution in [2.75, 3.05) is 18.5 Å². The number of aryl methyl sites for hydroxylation is 1. The Labute approximate surface area is 132 Å². The highest BCUT2D eigenvalue weighted by Gasteiger charge is 2.29. The van der Waals surface area contributed by atoms with E-state index in [0.29, 0.717) is 24.3 Å². The summed E-state index contributed by atoms with van der Waals surface area (Å²) in [6.07, 6.45) is 2.20. The fourth-order valence-corrected chi connectivity index (χ4v) is 3.14. The summed E-state index contributed by atoms with van der Waals surface area (Å²) in [4.78, 5) is 13.9. The van der Waals surface area contributed by atoms with Gasteiger partial charge in [0.15, 0.2) is 5.16 Å². The summed E-state index contributed by atoms with van der Waals surface area (Å²) in [5.41, 5.74) is 5.82. The molecule has 0 saturated heterocycles. The van der Waals surface area contributed by atoms with E-state index in [9.17, 15) is 4.79 Å². The lowest BCUT2D eigenvalue weighted by molar-refractivity contribution is -0.127. The summed E-state index contributed by atoms with van der Waals surface area (Å²) < 4.78 is 7.41. The van der Waals surface area contributed by atoms with E-state index in [4.69, 9.17) is 10.2 Å². The van der Waals surface area contributed by atoms with Gasteiger partial charge in [-0.3, -0.25) is 9.36 Å². The third kappa shape index (κ3) is 3.27. The molecule has 2 aromatic heterocycles. The van der Waals surface area contributed by atoms with E-state index in [1.807, 2.05) is 23.6 Å². The van der Waals surface area contributed by atoms with E-state index in [0.717, 1.165) is 29.5 Å². The quantitative estimate of drug-likeness (QED) is 0.817. The van der Waals surface area contributed by atoms with E-state index in [2.05, 4.69) is 10.2 Å². The zero-order valence-electron chi connectivity index (χ0n) is 12.7. The van der Waals surface area contributed by atoms with Crippen molar-refractivity contribution in [3.05, 3.63) is 23.7 Å². The highest BCUT2D eigenvalue weighted by atomic mass is 32.2. The van der Waals surface area contributed by atoms with Gasteiger partial charge in [0.05, 0.1) is 12.3 Å². The molecule has 2 aromatic rings. The Morgan fingerprint density at radius 3 is 2.91 bits per heavy atom. The molecule has 0 radical (unpaired) electrons. The van der Waals surface area contributed by atoms with Crippen molar-refractivity contribution in [3.8, 4) is 0 Å². The number of thioether (sulfide) groups is 1. The molecular formula is C14H19N5O2S. The molecule has 2 heterocycles. The fraction of sp³-hybridized carbons (Fsp3) is 0.500. The minimum absolute atomic E-state index is 0.0166. The van der Waals surface area contributed by atoms with Crippen molar-refractivity contribution in [1.82, 2.24) is 19.7 Å². The molecule has 1 saturated carbocycles. The van der Waals surface area contributed by atoms with Crippen LogP contribution in [-0.4, -0.2) is 38.4 Å². The van der Waals surface area contributed by atoms with Crippen molar-refractivity contribution in [2.24, 2.45) is 0 Å². The molecule has 1 fully saturated rings. The number of amides is 1. The number of carbonyl (C=O) groups excluding carboxylic acids is 1. The highest BCUT2D eigenvalue weighted by molar-refractivity contribution is 7.99. The molecule has 2 N–H and O–H groups in total. The number of carbonyl (C=O) groups is 1. The number of hydrogen-bond acceptors (Lipinski definition) is 6. The van der Waals surface area contributed by atoms with E-state index in [-0.39, 0.29) is 5.91 Å². The van der Waals surface area contributed by atoms with E-state index in [1.165, 1.54) is 11.8 Å². The van der Waals surface area contributed by atoms with Crippen LogP contribution in [-0.2, 0) is 11.3 Å². The molecular weight excluding hydrogens is 302 g/mol. The van der Waals surface area contributed by atoms with E-state index < -0.39 is 0 Å². The molecule has 1 amide bonds. The Bertz CT molecular complexity index is 677. The molecule has 118 valence electrons. The molecule has 0 spiro atoms. The van der Waals surface area contributed by atoms with Gasteiger partial charge in [0, 0.05) is 13.1 Å². The lowest BCUT2D eigenvalue weighted by atomic mass is 10.4. The number of nitrogens with two attached hydrogens (primary N) is 1. The van der Waals surface area contributed by atoms with Crippen molar-refractivity contribution in [1.29, 1.82) is 0 Å². The molecule has 0 unspecified atom stereocenters. The van der Waals surface area contributed by atoms with Crippen LogP contribution in [0.5, 0.6) is 0 Å². The van der Waals surface area contributed by atoms with Crippen molar-refractivity contribution in [3.63, 3.8) is 0 Å². The number of hydrogen-bond donors (Lipinski definition) is 1. The van der Waals surface area contributed by atoms with Gasteiger partial charge in [-0.1, -0.05) is 11.8 Å². The lowest BCUT2D eigenvalue weighted by Gasteiger charge is -2.15. The van der Waals surface area contributed by atoms with E-state index >= 15 is 0 Å². The van der Waals surface area contributed by atoms with Gasteiger partial charge in [-0.15, -0.1) is 10.2 Å². The van der Waals surface area contributed by atoms with Gasteiger partial charge >= 0.3 is 0 Å². The second-order valence-corrected chi connectivity index (χ2v) is 6.44. The number of nitrogens with zero attached hydrogens (tertiary/aromatic N) is 4. The Kier molecular flexibility index (Phi) is 4.10. The zero-order chi connectivity index (χ0) is 15.7. The summed E-state index contributed by atoms with van der Waals surface area (Å²) in [5.74, 6) is 2.38. The van der Waals surface area contributed by atoms with Gasteiger partial charge in [0.1, 0.15) is 11.5 Å². The maximum atomic E-state index is 12.2. The fourth-order valence-electron chi connectivity index (χ4n) is 2.19. The second-order valence-electron chi connectivity index (χ2n) is 5.49. The molecule has 1 aliphatic rings. The first-order valence-electron chi connectivity index (χ1n) is 7.17. The maximum absolute atomic E-state index is 12.2. The standard InChI is InChI=1S/C14H19N5O2S/c1-9-3-6-11(21-9)7-18(2)12(20)8-22-14-17-16-13(15)19(14)10-4-5-10/h3,6,10H,4-5,7-8H2,1-2H3,(H2,15,16). The summed E-state index contributed by atoms with van der Waals surface area (Å²) >= 11 is 1.38. The molecule has 0 atom stereocenters. The number of nitrogen functional groups attached to an aromatic ring is 1. The van der Waals surface area contributed by atoms with Gasteiger partial charge in [-0.05, 0) is 31.9 Å². The van der Waals surface area contributed by atoms with Crippen LogP contribution < -0.4 is 5.73 Å². The first-order valence-corrected chi connectivity index (χ1v) is 8.15. The van der Waals surface area contributed by atoms with Crippen LogP contribution in [0.1, 0.15) is 30.4 Å². The van der Waals surface area contributed by atoms with Gasteiger partial charge in [-0.2, -0.15) is 0 Å². The van der Waals surface area contributed by atoms with Crippen molar-refractivity contribution in [2.45, 2.75) is 37.5 Å².